The third-order valence-corrected chi connectivity index (χ3v) is 3.68. The van der Waals surface area contributed by atoms with Gasteiger partial charge in [0.1, 0.15) is 0 Å². The molecule has 2 nitrogen and oxygen atoms in total. The molecule has 0 aromatic carbocycles. The third-order valence-electron chi connectivity index (χ3n) is 3.32. The predicted octanol–water partition coefficient (Wildman–Crippen LogP) is 2.49. The summed E-state index contributed by atoms with van der Waals surface area (Å²) in [6.45, 7) is 5.29. The molecule has 1 heterocycles. The monoisotopic (exact) mass is 233 g/mol. The zero-order valence-corrected chi connectivity index (χ0v) is 10.5. The summed E-state index contributed by atoms with van der Waals surface area (Å²) < 4.78 is 0. The van der Waals surface area contributed by atoms with Crippen LogP contribution in [0.4, 0.5) is 0 Å². The molecule has 0 saturated carbocycles. The molecule has 0 aromatic heterocycles. The Hall–Kier alpha value is 0.210. The summed E-state index contributed by atoms with van der Waals surface area (Å²) in [5, 5.41) is 9.44. The number of hydrogen-bond donors (Lipinski definition) is 1. The van der Waals surface area contributed by atoms with E-state index < -0.39 is 0 Å². The average molecular weight is 234 g/mol. The second-order valence-corrected chi connectivity index (χ2v) is 5.00. The summed E-state index contributed by atoms with van der Waals surface area (Å²) in [5.41, 5.74) is 0. The van der Waals surface area contributed by atoms with E-state index in [9.17, 15) is 5.11 Å². The molecule has 0 bridgehead atoms. The molecule has 15 heavy (non-hydrogen) atoms. The molecule has 1 saturated heterocycles. The van der Waals surface area contributed by atoms with Gasteiger partial charge in [0.25, 0.3) is 0 Å². The van der Waals surface area contributed by atoms with Crippen molar-refractivity contribution in [3.8, 4) is 0 Å². The quantitative estimate of drug-likeness (QED) is 0.713. The van der Waals surface area contributed by atoms with Crippen LogP contribution in [-0.2, 0) is 0 Å². The lowest BCUT2D eigenvalue weighted by Crippen LogP contribution is -2.39. The maximum absolute atomic E-state index is 9.44. The number of rotatable bonds is 6. The van der Waals surface area contributed by atoms with Gasteiger partial charge in [-0.15, -0.1) is 11.6 Å². The fraction of sp³-hybridized carbons (Fsp3) is 1.00. The summed E-state index contributed by atoms with van der Waals surface area (Å²) >= 11 is 5.59. The molecule has 0 aromatic rings. The van der Waals surface area contributed by atoms with Gasteiger partial charge in [-0.05, 0) is 31.8 Å². The second kappa shape index (κ2) is 7.48. The van der Waals surface area contributed by atoms with E-state index in [1.807, 2.05) is 0 Å². The second-order valence-electron chi connectivity index (χ2n) is 4.69. The maximum Gasteiger partial charge on any atom is 0.0802 e. The Morgan fingerprint density at radius 1 is 1.40 bits per heavy atom. The van der Waals surface area contributed by atoms with Crippen LogP contribution >= 0.6 is 11.6 Å². The van der Waals surface area contributed by atoms with E-state index in [1.54, 1.807) is 0 Å². The Bertz CT molecular complexity index is 158. The van der Waals surface area contributed by atoms with Gasteiger partial charge in [0, 0.05) is 12.4 Å². The molecule has 0 aliphatic carbocycles. The number of unbranched alkanes of at least 4 members (excludes halogenated alkanes) is 1. The van der Waals surface area contributed by atoms with Crippen LogP contribution in [0.15, 0.2) is 0 Å². The zero-order chi connectivity index (χ0) is 11.1. The van der Waals surface area contributed by atoms with Gasteiger partial charge in [-0.3, -0.25) is 0 Å². The molecule has 0 amide bonds. The molecule has 0 spiro atoms. The van der Waals surface area contributed by atoms with Gasteiger partial charge in [-0.25, -0.2) is 0 Å². The summed E-state index contributed by atoms with van der Waals surface area (Å²) in [6.07, 6.45) is 6.32. The first-order valence-corrected chi connectivity index (χ1v) is 6.76. The SMILES string of the molecule is CCCCC1CCN(C[C@H](O)CCl)CC1. The smallest absolute Gasteiger partial charge is 0.0802 e. The molecule has 1 atom stereocenters. The van der Waals surface area contributed by atoms with Crippen molar-refractivity contribution < 1.29 is 5.11 Å². The molecule has 3 heteroatoms. The first-order chi connectivity index (χ1) is 7.26. The number of alkyl halides is 1. The van der Waals surface area contributed by atoms with Crippen LogP contribution in [0.1, 0.15) is 39.0 Å². The molecule has 1 N–H and O–H groups in total. The number of piperidine rings is 1. The fourth-order valence-electron chi connectivity index (χ4n) is 2.30. The van der Waals surface area contributed by atoms with Crippen LogP contribution in [0.2, 0.25) is 0 Å². The molecule has 90 valence electrons. The number of halogens is 1. The normalized spacial score (nSPS) is 21.8. The highest BCUT2D eigenvalue weighted by Crippen LogP contribution is 2.22. The van der Waals surface area contributed by atoms with Crippen molar-refractivity contribution in [1.29, 1.82) is 0 Å². The standard InChI is InChI=1S/C12H24ClNO/c1-2-3-4-11-5-7-14(8-6-11)10-12(15)9-13/h11-12,15H,2-10H2,1H3/t12-/m1/s1. The van der Waals surface area contributed by atoms with E-state index in [2.05, 4.69) is 11.8 Å². The number of nitrogens with zero attached hydrogens (tertiary/aromatic N) is 1. The van der Waals surface area contributed by atoms with Gasteiger partial charge >= 0.3 is 0 Å². The highest BCUT2D eigenvalue weighted by molar-refractivity contribution is 6.18. The number of likely N-dealkylation sites (tertiary alicyclic amines) is 1. The van der Waals surface area contributed by atoms with E-state index in [0.29, 0.717) is 5.88 Å². The van der Waals surface area contributed by atoms with Crippen LogP contribution < -0.4 is 0 Å². The topological polar surface area (TPSA) is 23.5 Å². The van der Waals surface area contributed by atoms with Crippen LogP contribution in [0.25, 0.3) is 0 Å². The van der Waals surface area contributed by atoms with E-state index in [4.69, 9.17) is 11.6 Å². The van der Waals surface area contributed by atoms with Crippen molar-refractivity contribution in [3.63, 3.8) is 0 Å². The maximum atomic E-state index is 9.44. The molecule has 1 fully saturated rings. The van der Waals surface area contributed by atoms with Crippen molar-refractivity contribution in [3.05, 3.63) is 0 Å². The van der Waals surface area contributed by atoms with Gasteiger partial charge in [-0.2, -0.15) is 0 Å². The molecule has 1 aliphatic rings. The molecular weight excluding hydrogens is 210 g/mol. The average Bonchev–Trinajstić information content (AvgIpc) is 2.28. The minimum Gasteiger partial charge on any atom is -0.391 e. The van der Waals surface area contributed by atoms with Crippen LogP contribution in [0, 0.1) is 5.92 Å². The highest BCUT2D eigenvalue weighted by Gasteiger charge is 2.19. The zero-order valence-electron chi connectivity index (χ0n) is 9.79. The number of hydrogen-bond acceptors (Lipinski definition) is 2. The van der Waals surface area contributed by atoms with E-state index in [-0.39, 0.29) is 6.10 Å². The summed E-state index contributed by atoms with van der Waals surface area (Å²) in [4.78, 5) is 2.34. The summed E-state index contributed by atoms with van der Waals surface area (Å²) in [6, 6.07) is 0. The van der Waals surface area contributed by atoms with E-state index in [1.165, 1.54) is 32.1 Å². The fourth-order valence-corrected chi connectivity index (χ4v) is 2.39. The van der Waals surface area contributed by atoms with Crippen molar-refractivity contribution in [2.45, 2.75) is 45.1 Å². The lowest BCUT2D eigenvalue weighted by Gasteiger charge is -2.32. The van der Waals surface area contributed by atoms with Crippen molar-refractivity contribution in [2.24, 2.45) is 5.92 Å². The van der Waals surface area contributed by atoms with E-state index >= 15 is 0 Å². The minimum atomic E-state index is -0.348. The largest absolute Gasteiger partial charge is 0.391 e. The van der Waals surface area contributed by atoms with Crippen LogP contribution in [-0.4, -0.2) is 41.6 Å². The number of aliphatic hydroxyl groups is 1. The molecule has 0 unspecified atom stereocenters. The van der Waals surface area contributed by atoms with Gasteiger partial charge in [0.15, 0.2) is 0 Å². The Kier molecular flexibility index (Phi) is 6.62. The molecular formula is C12H24ClNO. The van der Waals surface area contributed by atoms with Gasteiger partial charge in [0.2, 0.25) is 0 Å². The van der Waals surface area contributed by atoms with Crippen molar-refractivity contribution in [1.82, 2.24) is 4.90 Å². The molecule has 1 rings (SSSR count). The number of β-amino-alcohol motifs (C(OH)–C–C–N with tert-alkyl or cyclic N) is 1. The van der Waals surface area contributed by atoms with Crippen molar-refractivity contribution >= 4 is 11.6 Å². The lowest BCUT2D eigenvalue weighted by atomic mass is 9.91. The summed E-state index contributed by atoms with van der Waals surface area (Å²) in [5.74, 6) is 1.28. The lowest BCUT2D eigenvalue weighted by molar-refractivity contribution is 0.0999. The summed E-state index contributed by atoms with van der Waals surface area (Å²) in [7, 11) is 0. The predicted molar refractivity (Wildman–Crippen MR) is 65.4 cm³/mol. The first kappa shape index (κ1) is 13.3. The molecule has 0 radical (unpaired) electrons. The Morgan fingerprint density at radius 2 is 2.07 bits per heavy atom. The highest BCUT2D eigenvalue weighted by atomic mass is 35.5. The Labute approximate surface area is 98.6 Å². The van der Waals surface area contributed by atoms with Gasteiger partial charge < -0.3 is 10.0 Å². The van der Waals surface area contributed by atoms with Gasteiger partial charge in [-0.1, -0.05) is 26.2 Å². The van der Waals surface area contributed by atoms with Crippen LogP contribution in [0.3, 0.4) is 0 Å². The Balaban J connectivity index is 2.12. The van der Waals surface area contributed by atoms with Crippen molar-refractivity contribution in [2.75, 3.05) is 25.5 Å². The third kappa shape index (κ3) is 5.19. The minimum absolute atomic E-state index is 0.348. The Morgan fingerprint density at radius 3 is 2.60 bits per heavy atom. The van der Waals surface area contributed by atoms with Gasteiger partial charge in [0.05, 0.1) is 6.10 Å². The first-order valence-electron chi connectivity index (χ1n) is 6.22. The van der Waals surface area contributed by atoms with Crippen LogP contribution in [0.5, 0.6) is 0 Å². The molecule has 1 aliphatic heterocycles. The van der Waals surface area contributed by atoms with E-state index in [0.717, 1.165) is 25.6 Å². The number of aliphatic hydroxyl groups excluding tert-OH is 1.